The Balaban J connectivity index is 1.77. The van der Waals surface area contributed by atoms with Gasteiger partial charge in [0.2, 0.25) is 0 Å². The van der Waals surface area contributed by atoms with Crippen LogP contribution in [0.15, 0.2) is 65.1 Å². The summed E-state index contributed by atoms with van der Waals surface area (Å²) in [5, 5.41) is 3.23. The Morgan fingerprint density at radius 1 is 0.889 bits per heavy atom. The molecule has 1 heterocycles. The molecular weight excluding hydrogens is 334 g/mol. The van der Waals surface area contributed by atoms with E-state index in [1.165, 1.54) is 5.56 Å². The van der Waals surface area contributed by atoms with Crippen LogP contribution in [0.25, 0.3) is 21.7 Å². The van der Waals surface area contributed by atoms with E-state index in [1.54, 1.807) is 4.90 Å². The van der Waals surface area contributed by atoms with E-state index in [0.29, 0.717) is 12.3 Å². The second kappa shape index (κ2) is 6.92. The van der Waals surface area contributed by atoms with Gasteiger partial charge in [0.05, 0.1) is 0 Å². The minimum atomic E-state index is -0.0983. The number of furan rings is 1. The maximum Gasteiger partial charge on any atom is 0.294 e. The largest absolute Gasteiger partial charge is 0.451 e. The highest BCUT2D eigenvalue weighted by molar-refractivity contribution is 6.07. The average molecular weight is 357 g/mol. The van der Waals surface area contributed by atoms with Gasteiger partial charge in [-0.25, -0.2) is 0 Å². The summed E-state index contributed by atoms with van der Waals surface area (Å²) in [6.45, 7) is 6.84. The molecule has 0 spiro atoms. The maximum absolute atomic E-state index is 13.2. The van der Waals surface area contributed by atoms with Crippen LogP contribution in [0.5, 0.6) is 0 Å². The van der Waals surface area contributed by atoms with Gasteiger partial charge in [-0.05, 0) is 66.9 Å². The number of carbonyl (C=O) groups is 1. The molecule has 0 aliphatic carbocycles. The monoisotopic (exact) mass is 357 g/mol. The van der Waals surface area contributed by atoms with E-state index in [0.717, 1.165) is 39.4 Å². The second-order valence-electron chi connectivity index (χ2n) is 7.15. The normalized spacial score (nSPS) is 11.2. The number of benzene rings is 3. The van der Waals surface area contributed by atoms with Crippen LogP contribution in [0.2, 0.25) is 0 Å². The summed E-state index contributed by atoms with van der Waals surface area (Å²) in [6, 6.07) is 20.3. The minimum absolute atomic E-state index is 0.0983. The molecule has 136 valence electrons. The molecule has 0 radical (unpaired) electrons. The third kappa shape index (κ3) is 3.33. The number of rotatable bonds is 4. The molecule has 0 fully saturated rings. The van der Waals surface area contributed by atoms with Crippen LogP contribution in [0.3, 0.4) is 0 Å². The van der Waals surface area contributed by atoms with Crippen LogP contribution in [-0.2, 0) is 0 Å². The van der Waals surface area contributed by atoms with Crippen molar-refractivity contribution in [1.82, 2.24) is 0 Å². The lowest BCUT2D eigenvalue weighted by Crippen LogP contribution is -2.31. The lowest BCUT2D eigenvalue weighted by molar-refractivity contribution is 0.0962. The van der Waals surface area contributed by atoms with E-state index in [2.05, 4.69) is 38.1 Å². The summed E-state index contributed by atoms with van der Waals surface area (Å²) in [4.78, 5) is 15.0. The van der Waals surface area contributed by atoms with Crippen molar-refractivity contribution in [2.75, 3.05) is 11.4 Å². The van der Waals surface area contributed by atoms with Crippen molar-refractivity contribution in [3.63, 3.8) is 0 Å². The third-order valence-electron chi connectivity index (χ3n) is 4.85. The maximum atomic E-state index is 13.2. The van der Waals surface area contributed by atoms with Crippen molar-refractivity contribution in [2.45, 2.75) is 27.2 Å². The number of amides is 1. The topological polar surface area (TPSA) is 33.5 Å². The molecule has 0 aliphatic heterocycles. The Morgan fingerprint density at radius 3 is 2.48 bits per heavy atom. The van der Waals surface area contributed by atoms with E-state index in [9.17, 15) is 4.79 Å². The average Bonchev–Trinajstić information content (AvgIpc) is 3.06. The molecule has 0 atom stereocenters. The Labute approximate surface area is 159 Å². The SMILES string of the molecule is CCCN(C(=O)c1cc2cc3ccc(C)cc3cc2o1)c1cccc(C)c1. The Kier molecular flexibility index (Phi) is 4.44. The quantitative estimate of drug-likeness (QED) is 0.432. The van der Waals surface area contributed by atoms with Gasteiger partial charge in [-0.15, -0.1) is 0 Å². The number of aryl methyl sites for hydroxylation is 2. The van der Waals surface area contributed by atoms with Gasteiger partial charge in [-0.3, -0.25) is 4.79 Å². The van der Waals surface area contributed by atoms with E-state index in [1.807, 2.05) is 43.3 Å². The van der Waals surface area contributed by atoms with Crippen molar-refractivity contribution >= 4 is 33.3 Å². The smallest absolute Gasteiger partial charge is 0.294 e. The molecule has 3 heteroatoms. The summed E-state index contributed by atoms with van der Waals surface area (Å²) in [5.74, 6) is 0.283. The van der Waals surface area contributed by atoms with Gasteiger partial charge in [0, 0.05) is 17.6 Å². The van der Waals surface area contributed by atoms with Gasteiger partial charge in [-0.2, -0.15) is 0 Å². The first-order valence-corrected chi connectivity index (χ1v) is 9.37. The predicted octanol–water partition coefficient (Wildman–Crippen LogP) is 6.26. The van der Waals surface area contributed by atoms with E-state index >= 15 is 0 Å². The lowest BCUT2D eigenvalue weighted by atomic mass is 10.1. The molecular formula is C24H23NO2. The van der Waals surface area contributed by atoms with Crippen LogP contribution in [0.1, 0.15) is 35.0 Å². The lowest BCUT2D eigenvalue weighted by Gasteiger charge is -2.21. The van der Waals surface area contributed by atoms with Gasteiger partial charge >= 0.3 is 0 Å². The van der Waals surface area contributed by atoms with E-state index in [4.69, 9.17) is 4.42 Å². The summed E-state index contributed by atoms with van der Waals surface area (Å²) in [5.41, 5.74) is 3.99. The van der Waals surface area contributed by atoms with Gasteiger partial charge in [0.1, 0.15) is 5.58 Å². The van der Waals surface area contributed by atoms with Crippen LogP contribution < -0.4 is 4.90 Å². The van der Waals surface area contributed by atoms with Gasteiger partial charge < -0.3 is 9.32 Å². The van der Waals surface area contributed by atoms with Crippen LogP contribution in [-0.4, -0.2) is 12.5 Å². The number of fused-ring (bicyclic) bond motifs is 2. The molecule has 0 aliphatic rings. The number of carbonyl (C=O) groups excluding carboxylic acids is 1. The highest BCUT2D eigenvalue weighted by Crippen LogP contribution is 2.28. The zero-order valence-corrected chi connectivity index (χ0v) is 16.0. The minimum Gasteiger partial charge on any atom is -0.451 e. The second-order valence-corrected chi connectivity index (χ2v) is 7.15. The Bertz CT molecular complexity index is 1140. The van der Waals surface area contributed by atoms with E-state index < -0.39 is 0 Å². The third-order valence-corrected chi connectivity index (χ3v) is 4.85. The summed E-state index contributed by atoms with van der Waals surface area (Å²) in [7, 11) is 0. The molecule has 3 aromatic carbocycles. The van der Waals surface area contributed by atoms with E-state index in [-0.39, 0.29) is 5.91 Å². The fourth-order valence-electron chi connectivity index (χ4n) is 3.51. The van der Waals surface area contributed by atoms with Crippen molar-refractivity contribution in [3.05, 3.63) is 77.6 Å². The highest BCUT2D eigenvalue weighted by atomic mass is 16.3. The highest BCUT2D eigenvalue weighted by Gasteiger charge is 2.21. The summed E-state index contributed by atoms with van der Waals surface area (Å²) >= 11 is 0. The van der Waals surface area contributed by atoms with Crippen molar-refractivity contribution < 1.29 is 9.21 Å². The first-order chi connectivity index (χ1) is 13.0. The predicted molar refractivity (Wildman–Crippen MR) is 112 cm³/mol. The Morgan fingerprint density at radius 2 is 1.70 bits per heavy atom. The van der Waals surface area contributed by atoms with Crippen molar-refractivity contribution in [2.24, 2.45) is 0 Å². The number of hydrogen-bond donors (Lipinski definition) is 0. The molecule has 1 amide bonds. The van der Waals surface area contributed by atoms with Gasteiger partial charge in [0.15, 0.2) is 5.76 Å². The molecule has 4 rings (SSSR count). The first kappa shape index (κ1) is 17.3. The van der Waals surface area contributed by atoms with Crippen molar-refractivity contribution in [3.8, 4) is 0 Å². The number of anilines is 1. The molecule has 4 aromatic rings. The Hall–Kier alpha value is -3.07. The standard InChI is InChI=1S/C24H23NO2/c1-4-10-25(21-7-5-6-16(2)12-21)24(26)23-15-20-13-18-9-8-17(3)11-19(18)14-22(20)27-23/h5-9,11-15H,4,10H2,1-3H3. The molecule has 0 unspecified atom stereocenters. The van der Waals surface area contributed by atoms with Crippen LogP contribution in [0.4, 0.5) is 5.69 Å². The summed E-state index contributed by atoms with van der Waals surface area (Å²) in [6.07, 6.45) is 0.878. The molecule has 0 N–H and O–H groups in total. The molecule has 1 aromatic heterocycles. The molecule has 0 bridgehead atoms. The fourth-order valence-corrected chi connectivity index (χ4v) is 3.51. The molecule has 0 saturated heterocycles. The molecule has 3 nitrogen and oxygen atoms in total. The zero-order chi connectivity index (χ0) is 19.0. The number of hydrogen-bond acceptors (Lipinski definition) is 2. The van der Waals surface area contributed by atoms with Crippen molar-refractivity contribution in [1.29, 1.82) is 0 Å². The van der Waals surface area contributed by atoms with Crippen LogP contribution >= 0.6 is 0 Å². The number of nitrogens with zero attached hydrogens (tertiary/aromatic N) is 1. The summed E-state index contributed by atoms with van der Waals surface area (Å²) < 4.78 is 5.97. The zero-order valence-electron chi connectivity index (χ0n) is 16.0. The first-order valence-electron chi connectivity index (χ1n) is 9.37. The van der Waals surface area contributed by atoms with Gasteiger partial charge in [0.25, 0.3) is 5.91 Å². The molecule has 0 saturated carbocycles. The fraction of sp³-hybridized carbons (Fsp3) is 0.208. The van der Waals surface area contributed by atoms with Gasteiger partial charge in [-0.1, -0.05) is 42.8 Å². The molecule has 27 heavy (non-hydrogen) atoms. The van der Waals surface area contributed by atoms with Crippen LogP contribution in [0, 0.1) is 13.8 Å².